The van der Waals surface area contributed by atoms with Gasteiger partial charge >= 0.3 is 0 Å². The maximum Gasteiger partial charge on any atom is 0.286 e. The van der Waals surface area contributed by atoms with Crippen LogP contribution in [0.5, 0.6) is 0 Å². The van der Waals surface area contributed by atoms with Crippen molar-refractivity contribution in [1.29, 1.82) is 0 Å². The number of nitrogen functional groups attached to an aromatic ring is 1. The highest BCUT2D eigenvalue weighted by atomic mass is 32.2. The summed E-state index contributed by atoms with van der Waals surface area (Å²) >= 11 is 4.71. The van der Waals surface area contributed by atoms with Crippen LogP contribution in [-0.4, -0.2) is 27.8 Å². The standard InChI is InChI=1S/C10H11N5O2S2/c1-6-2-4-7(5-3-6)19(16,17)15-9(11)8(10(12)18)13-14-15/h2-5H,11H2,1H3,(H2,12,18). The minimum absolute atomic E-state index is 0.00862. The van der Waals surface area contributed by atoms with Crippen LogP contribution in [0.15, 0.2) is 29.2 Å². The molecule has 2 rings (SSSR count). The van der Waals surface area contributed by atoms with Gasteiger partial charge in [0.15, 0.2) is 11.5 Å². The Morgan fingerprint density at radius 3 is 2.37 bits per heavy atom. The number of rotatable bonds is 3. The van der Waals surface area contributed by atoms with Gasteiger partial charge in [0, 0.05) is 0 Å². The lowest BCUT2D eigenvalue weighted by Gasteiger charge is -2.05. The van der Waals surface area contributed by atoms with E-state index in [-0.39, 0.29) is 21.4 Å². The van der Waals surface area contributed by atoms with E-state index in [4.69, 9.17) is 23.7 Å². The van der Waals surface area contributed by atoms with Crippen molar-refractivity contribution < 1.29 is 8.42 Å². The second-order valence-electron chi connectivity index (χ2n) is 3.85. The maximum atomic E-state index is 12.3. The van der Waals surface area contributed by atoms with Gasteiger partial charge in [-0.2, -0.15) is 8.42 Å². The molecule has 1 aromatic carbocycles. The Hall–Kier alpha value is -2.00. The number of nitrogens with zero attached hydrogens (tertiary/aromatic N) is 3. The van der Waals surface area contributed by atoms with Gasteiger partial charge in [-0.05, 0) is 24.3 Å². The van der Waals surface area contributed by atoms with Crippen LogP contribution in [0, 0.1) is 6.92 Å². The number of aromatic nitrogens is 3. The molecule has 7 nitrogen and oxygen atoms in total. The lowest BCUT2D eigenvalue weighted by Crippen LogP contribution is -2.18. The zero-order valence-electron chi connectivity index (χ0n) is 9.94. The Morgan fingerprint density at radius 1 is 1.32 bits per heavy atom. The highest BCUT2D eigenvalue weighted by Gasteiger charge is 2.24. The summed E-state index contributed by atoms with van der Waals surface area (Å²) in [6.45, 7) is 1.85. The van der Waals surface area contributed by atoms with Crippen molar-refractivity contribution in [1.82, 2.24) is 14.4 Å². The Kier molecular flexibility index (Phi) is 3.25. The number of nitrogens with two attached hydrogens (primary N) is 2. The summed E-state index contributed by atoms with van der Waals surface area (Å²) in [5, 5.41) is 7.06. The fourth-order valence-corrected chi connectivity index (χ4v) is 2.74. The molecule has 0 saturated heterocycles. The van der Waals surface area contributed by atoms with Crippen molar-refractivity contribution in [2.45, 2.75) is 11.8 Å². The molecule has 2 aromatic rings. The molecule has 4 N–H and O–H groups in total. The Morgan fingerprint density at radius 2 is 1.89 bits per heavy atom. The van der Waals surface area contributed by atoms with Crippen LogP contribution in [0.25, 0.3) is 0 Å². The molecule has 9 heteroatoms. The van der Waals surface area contributed by atoms with Crippen molar-refractivity contribution in [3.8, 4) is 0 Å². The second-order valence-corrected chi connectivity index (χ2v) is 6.06. The van der Waals surface area contributed by atoms with E-state index in [9.17, 15) is 8.42 Å². The molecule has 0 bridgehead atoms. The zero-order valence-corrected chi connectivity index (χ0v) is 11.6. The predicted octanol–water partition coefficient (Wildman–Crippen LogP) is 0.0399. The predicted molar refractivity (Wildman–Crippen MR) is 74.1 cm³/mol. The first-order valence-corrected chi connectivity index (χ1v) is 7.02. The highest BCUT2D eigenvalue weighted by Crippen LogP contribution is 2.18. The van der Waals surface area contributed by atoms with Crippen molar-refractivity contribution >= 4 is 33.0 Å². The maximum absolute atomic E-state index is 12.3. The van der Waals surface area contributed by atoms with Gasteiger partial charge in [0.25, 0.3) is 10.0 Å². The number of benzene rings is 1. The van der Waals surface area contributed by atoms with Crippen LogP contribution in [0.2, 0.25) is 0 Å². The van der Waals surface area contributed by atoms with E-state index >= 15 is 0 Å². The Bertz CT molecular complexity index is 734. The van der Waals surface area contributed by atoms with Gasteiger partial charge in [-0.15, -0.1) is 9.19 Å². The van der Waals surface area contributed by atoms with Crippen LogP contribution in [0.3, 0.4) is 0 Å². The lowest BCUT2D eigenvalue weighted by atomic mass is 10.2. The second kappa shape index (κ2) is 4.59. The average Bonchev–Trinajstić information content (AvgIpc) is 2.72. The molecule has 0 aliphatic rings. The number of thiocarbonyl (C=S) groups is 1. The lowest BCUT2D eigenvalue weighted by molar-refractivity contribution is 0.578. The van der Waals surface area contributed by atoms with Gasteiger partial charge in [0.05, 0.1) is 4.90 Å². The molecule has 0 fully saturated rings. The van der Waals surface area contributed by atoms with Gasteiger partial charge in [0.1, 0.15) is 4.99 Å². The van der Waals surface area contributed by atoms with Crippen molar-refractivity contribution in [2.75, 3.05) is 5.73 Å². The van der Waals surface area contributed by atoms with E-state index in [1.165, 1.54) is 12.1 Å². The average molecular weight is 297 g/mol. The normalized spacial score (nSPS) is 11.4. The molecule has 0 amide bonds. The smallest absolute Gasteiger partial charge is 0.286 e. The van der Waals surface area contributed by atoms with Gasteiger partial charge < -0.3 is 11.5 Å². The summed E-state index contributed by atoms with van der Waals surface area (Å²) in [7, 11) is -3.90. The van der Waals surface area contributed by atoms with Crippen molar-refractivity contribution in [3.63, 3.8) is 0 Å². The van der Waals surface area contributed by atoms with Crippen LogP contribution in [-0.2, 0) is 10.0 Å². The minimum atomic E-state index is -3.90. The fraction of sp³-hybridized carbons (Fsp3) is 0.100. The van der Waals surface area contributed by atoms with Crippen LogP contribution in [0.1, 0.15) is 11.3 Å². The van der Waals surface area contributed by atoms with E-state index in [2.05, 4.69) is 10.3 Å². The molecule has 0 saturated carbocycles. The molecule has 1 aromatic heterocycles. The molecule has 0 aliphatic heterocycles. The van der Waals surface area contributed by atoms with Gasteiger partial charge in [0.2, 0.25) is 0 Å². The van der Waals surface area contributed by atoms with Crippen LogP contribution in [0.4, 0.5) is 5.82 Å². The topological polar surface area (TPSA) is 117 Å². The first kappa shape index (κ1) is 13.4. The first-order chi connectivity index (χ1) is 8.84. The molecule has 0 aliphatic carbocycles. The summed E-state index contributed by atoms with van der Waals surface area (Å²) in [6, 6.07) is 6.28. The molecule has 19 heavy (non-hydrogen) atoms. The number of hydrogen-bond acceptors (Lipinski definition) is 6. The van der Waals surface area contributed by atoms with Crippen molar-refractivity contribution in [3.05, 3.63) is 35.5 Å². The molecular weight excluding hydrogens is 286 g/mol. The van der Waals surface area contributed by atoms with Gasteiger partial charge in [-0.1, -0.05) is 29.9 Å². The Labute approximate surface area is 115 Å². The van der Waals surface area contributed by atoms with Gasteiger partial charge in [-0.3, -0.25) is 0 Å². The number of aryl methyl sites for hydroxylation is 1. The molecule has 0 unspecified atom stereocenters. The summed E-state index contributed by atoms with van der Waals surface area (Å²) in [5.41, 5.74) is 12.0. The summed E-state index contributed by atoms with van der Waals surface area (Å²) in [4.78, 5) is -0.0490. The third kappa shape index (κ3) is 2.29. The quantitative estimate of drug-likeness (QED) is 0.768. The SMILES string of the molecule is Cc1ccc(S(=O)(=O)n2nnc(C(N)=S)c2N)cc1. The van der Waals surface area contributed by atoms with Gasteiger partial charge in [-0.25, -0.2) is 0 Å². The molecular formula is C10H11N5O2S2. The summed E-state index contributed by atoms with van der Waals surface area (Å²) < 4.78 is 25.2. The molecule has 100 valence electrons. The molecule has 0 spiro atoms. The number of hydrogen-bond donors (Lipinski definition) is 2. The third-order valence-corrected chi connectivity index (χ3v) is 4.24. The third-order valence-electron chi connectivity index (χ3n) is 2.45. The minimum Gasteiger partial charge on any atom is -0.388 e. The zero-order chi connectivity index (χ0) is 14.2. The van der Waals surface area contributed by atoms with Crippen LogP contribution >= 0.6 is 12.2 Å². The molecule has 1 heterocycles. The summed E-state index contributed by atoms with van der Waals surface area (Å²) in [6.07, 6.45) is 0. The van der Waals surface area contributed by atoms with Crippen molar-refractivity contribution in [2.24, 2.45) is 5.73 Å². The van der Waals surface area contributed by atoms with E-state index in [0.29, 0.717) is 4.09 Å². The van der Waals surface area contributed by atoms with E-state index < -0.39 is 10.0 Å². The van der Waals surface area contributed by atoms with Crippen LogP contribution < -0.4 is 11.5 Å². The first-order valence-electron chi connectivity index (χ1n) is 5.17. The van der Waals surface area contributed by atoms with E-state index in [0.717, 1.165) is 5.56 Å². The largest absolute Gasteiger partial charge is 0.388 e. The number of anilines is 1. The molecule has 0 radical (unpaired) electrons. The summed E-state index contributed by atoms with van der Waals surface area (Å²) in [5.74, 6) is -0.201. The van der Waals surface area contributed by atoms with E-state index in [1.54, 1.807) is 12.1 Å². The Balaban J connectivity index is 2.57. The van der Waals surface area contributed by atoms with E-state index in [1.807, 2.05) is 6.92 Å². The fourth-order valence-electron chi connectivity index (χ4n) is 1.44. The monoisotopic (exact) mass is 297 g/mol. The highest BCUT2D eigenvalue weighted by molar-refractivity contribution is 7.90. The molecule has 0 atom stereocenters.